The number of piperidine rings is 1. The van der Waals surface area contributed by atoms with E-state index in [-0.39, 0.29) is 23.6 Å². The number of ether oxygens (including phenoxy) is 1. The van der Waals surface area contributed by atoms with Gasteiger partial charge in [0.15, 0.2) is 0 Å². The first-order valence-electron chi connectivity index (χ1n) is 9.21. The van der Waals surface area contributed by atoms with Crippen LogP contribution in [0.1, 0.15) is 38.2 Å². The molecular weight excluding hydrogens is 334 g/mol. The Balaban J connectivity index is 1.68. The molecule has 2 heterocycles. The second kappa shape index (κ2) is 7.53. The average Bonchev–Trinajstić information content (AvgIpc) is 2.92. The molecule has 0 spiro atoms. The van der Waals surface area contributed by atoms with Gasteiger partial charge in [0.1, 0.15) is 17.0 Å². The third-order valence-electron chi connectivity index (χ3n) is 5.61. The first-order chi connectivity index (χ1) is 12.5. The zero-order valence-corrected chi connectivity index (χ0v) is 15.4. The molecule has 0 aliphatic carbocycles. The molecule has 3 amide bonds. The minimum atomic E-state index is -0.773. The molecule has 0 radical (unpaired) electrons. The molecule has 2 fully saturated rings. The van der Waals surface area contributed by atoms with E-state index in [0.717, 1.165) is 37.9 Å². The molecule has 0 bridgehead atoms. The van der Waals surface area contributed by atoms with Crippen LogP contribution >= 0.6 is 0 Å². The molecule has 26 heavy (non-hydrogen) atoms. The highest BCUT2D eigenvalue weighted by molar-refractivity contribution is 6.07. The van der Waals surface area contributed by atoms with E-state index in [0.29, 0.717) is 18.7 Å². The molecule has 0 unspecified atom stereocenters. The lowest BCUT2D eigenvalue weighted by Gasteiger charge is -2.40. The Hall–Kier alpha value is -2.28. The van der Waals surface area contributed by atoms with E-state index < -0.39 is 5.54 Å². The van der Waals surface area contributed by atoms with E-state index in [2.05, 4.69) is 15.5 Å². The van der Waals surface area contributed by atoms with E-state index in [1.54, 1.807) is 19.2 Å². The van der Waals surface area contributed by atoms with E-state index in [1.807, 2.05) is 13.0 Å². The summed E-state index contributed by atoms with van der Waals surface area (Å²) in [5, 5.41) is 15.5. The number of aromatic hydroxyl groups is 1. The van der Waals surface area contributed by atoms with Crippen LogP contribution in [-0.4, -0.2) is 47.7 Å². The predicted octanol–water partition coefficient (Wildman–Crippen LogP) is 1.99. The quantitative estimate of drug-likeness (QED) is 0.674. The van der Waals surface area contributed by atoms with Gasteiger partial charge >= 0.3 is 6.03 Å². The molecule has 2 saturated heterocycles. The van der Waals surface area contributed by atoms with Crippen molar-refractivity contribution in [3.63, 3.8) is 0 Å². The van der Waals surface area contributed by atoms with Crippen LogP contribution in [0.4, 0.5) is 4.79 Å². The minimum absolute atomic E-state index is 0.122. The van der Waals surface area contributed by atoms with Gasteiger partial charge < -0.3 is 15.2 Å². The SMILES string of the molecule is CCC[C@@]1(C2CCN(Cc3c(O)cccc3OC)CC2)NC(=O)NC1=O. The molecule has 3 N–H and O–H groups in total. The number of hydrogen-bond donors (Lipinski definition) is 3. The number of benzene rings is 1. The van der Waals surface area contributed by atoms with E-state index in [1.165, 1.54) is 0 Å². The number of carbonyl (C=O) groups is 2. The van der Waals surface area contributed by atoms with Crippen LogP contribution in [-0.2, 0) is 11.3 Å². The van der Waals surface area contributed by atoms with Gasteiger partial charge in [-0.15, -0.1) is 0 Å². The van der Waals surface area contributed by atoms with Gasteiger partial charge in [-0.1, -0.05) is 19.4 Å². The van der Waals surface area contributed by atoms with Gasteiger partial charge in [0.05, 0.1) is 7.11 Å². The fourth-order valence-corrected chi connectivity index (χ4v) is 4.28. The number of imide groups is 1. The van der Waals surface area contributed by atoms with Crippen molar-refractivity contribution in [1.29, 1.82) is 0 Å². The monoisotopic (exact) mass is 361 g/mol. The van der Waals surface area contributed by atoms with Crippen molar-refractivity contribution in [2.75, 3.05) is 20.2 Å². The summed E-state index contributed by atoms with van der Waals surface area (Å²) < 4.78 is 5.36. The van der Waals surface area contributed by atoms with E-state index >= 15 is 0 Å². The summed E-state index contributed by atoms with van der Waals surface area (Å²) in [5.41, 5.74) is 0.00783. The molecule has 1 atom stereocenters. The Kier molecular flexibility index (Phi) is 5.36. The summed E-state index contributed by atoms with van der Waals surface area (Å²) in [6.45, 7) is 4.23. The number of nitrogens with zero attached hydrogens (tertiary/aromatic N) is 1. The smallest absolute Gasteiger partial charge is 0.322 e. The van der Waals surface area contributed by atoms with Crippen LogP contribution in [0.15, 0.2) is 18.2 Å². The summed E-state index contributed by atoms with van der Waals surface area (Å²) in [7, 11) is 1.60. The highest BCUT2D eigenvalue weighted by atomic mass is 16.5. The molecule has 142 valence electrons. The van der Waals surface area contributed by atoms with Crippen molar-refractivity contribution in [3.05, 3.63) is 23.8 Å². The second-order valence-electron chi connectivity index (χ2n) is 7.14. The first-order valence-corrected chi connectivity index (χ1v) is 9.21. The normalized spacial score (nSPS) is 24.4. The molecule has 1 aromatic carbocycles. The molecule has 0 saturated carbocycles. The molecular formula is C19H27N3O4. The average molecular weight is 361 g/mol. The van der Waals surface area contributed by atoms with Gasteiger partial charge in [0.2, 0.25) is 0 Å². The van der Waals surface area contributed by atoms with Crippen LogP contribution < -0.4 is 15.4 Å². The van der Waals surface area contributed by atoms with Crippen molar-refractivity contribution in [2.45, 2.75) is 44.7 Å². The Bertz CT molecular complexity index is 685. The maximum atomic E-state index is 12.4. The zero-order chi connectivity index (χ0) is 18.7. The molecule has 2 aliphatic heterocycles. The van der Waals surface area contributed by atoms with Crippen molar-refractivity contribution < 1.29 is 19.4 Å². The topological polar surface area (TPSA) is 90.9 Å². The summed E-state index contributed by atoms with van der Waals surface area (Å²) in [5.74, 6) is 0.843. The number of amides is 3. The summed E-state index contributed by atoms with van der Waals surface area (Å²) in [6.07, 6.45) is 3.14. The van der Waals surface area contributed by atoms with Crippen LogP contribution in [0.25, 0.3) is 0 Å². The van der Waals surface area contributed by atoms with Gasteiger partial charge in [0.25, 0.3) is 5.91 Å². The summed E-state index contributed by atoms with van der Waals surface area (Å²) in [4.78, 5) is 26.4. The molecule has 2 aliphatic rings. The van der Waals surface area contributed by atoms with E-state index in [9.17, 15) is 14.7 Å². The highest BCUT2D eigenvalue weighted by Crippen LogP contribution is 2.36. The fraction of sp³-hybridized carbons (Fsp3) is 0.579. The molecule has 7 heteroatoms. The molecule has 3 rings (SSSR count). The Labute approximate surface area is 153 Å². The number of phenols is 1. The zero-order valence-electron chi connectivity index (χ0n) is 15.4. The van der Waals surface area contributed by atoms with Gasteiger partial charge in [-0.3, -0.25) is 15.0 Å². The number of urea groups is 1. The maximum Gasteiger partial charge on any atom is 0.322 e. The van der Waals surface area contributed by atoms with Crippen LogP contribution in [0, 0.1) is 5.92 Å². The van der Waals surface area contributed by atoms with Gasteiger partial charge in [-0.2, -0.15) is 0 Å². The molecule has 1 aromatic rings. The lowest BCUT2D eigenvalue weighted by molar-refractivity contribution is -0.127. The first kappa shape index (κ1) is 18.5. The van der Waals surface area contributed by atoms with Crippen molar-refractivity contribution in [3.8, 4) is 11.5 Å². The van der Waals surface area contributed by atoms with Gasteiger partial charge in [0, 0.05) is 12.1 Å². The molecule has 7 nitrogen and oxygen atoms in total. The number of carbonyl (C=O) groups excluding carboxylic acids is 2. The number of rotatable bonds is 6. The largest absolute Gasteiger partial charge is 0.507 e. The lowest BCUT2D eigenvalue weighted by atomic mass is 9.75. The number of likely N-dealkylation sites (tertiary alicyclic amines) is 1. The third-order valence-corrected chi connectivity index (χ3v) is 5.61. The summed E-state index contributed by atoms with van der Waals surface area (Å²) >= 11 is 0. The Morgan fingerprint density at radius 1 is 1.31 bits per heavy atom. The van der Waals surface area contributed by atoms with E-state index in [4.69, 9.17) is 4.74 Å². The Morgan fingerprint density at radius 3 is 2.62 bits per heavy atom. The highest BCUT2D eigenvalue weighted by Gasteiger charge is 2.51. The van der Waals surface area contributed by atoms with Gasteiger partial charge in [-0.25, -0.2) is 4.79 Å². The maximum absolute atomic E-state index is 12.4. The molecule has 0 aromatic heterocycles. The number of hydrogen-bond acceptors (Lipinski definition) is 5. The van der Waals surface area contributed by atoms with Crippen LogP contribution in [0.3, 0.4) is 0 Å². The lowest BCUT2D eigenvalue weighted by Crippen LogP contribution is -2.55. The standard InChI is InChI=1S/C19H27N3O4/c1-3-9-19(17(24)20-18(25)21-19)13-7-10-22(11-8-13)12-14-15(23)5-4-6-16(14)26-2/h4-6,13,23H,3,7-12H2,1-2H3,(H2,20,21,24,25)/t19-/m0/s1. The fourth-order valence-electron chi connectivity index (χ4n) is 4.28. The summed E-state index contributed by atoms with van der Waals surface area (Å²) in [6, 6.07) is 4.89. The third kappa shape index (κ3) is 3.35. The number of nitrogens with one attached hydrogen (secondary N) is 2. The minimum Gasteiger partial charge on any atom is -0.507 e. The van der Waals surface area contributed by atoms with Crippen molar-refractivity contribution >= 4 is 11.9 Å². The predicted molar refractivity (Wildman–Crippen MR) is 97.0 cm³/mol. The number of phenolic OH excluding ortho intramolecular Hbond substituents is 1. The second-order valence-corrected chi connectivity index (χ2v) is 7.14. The number of methoxy groups -OCH3 is 1. The van der Waals surface area contributed by atoms with Gasteiger partial charge in [-0.05, 0) is 50.4 Å². The van der Waals surface area contributed by atoms with Crippen LogP contribution in [0.2, 0.25) is 0 Å². The van der Waals surface area contributed by atoms with Crippen LogP contribution in [0.5, 0.6) is 11.5 Å². The van der Waals surface area contributed by atoms with Crippen molar-refractivity contribution in [2.24, 2.45) is 5.92 Å². The van der Waals surface area contributed by atoms with Crippen molar-refractivity contribution in [1.82, 2.24) is 15.5 Å². The Morgan fingerprint density at radius 2 is 2.04 bits per heavy atom.